The van der Waals surface area contributed by atoms with Crippen molar-refractivity contribution in [3.05, 3.63) is 10.6 Å². The molecule has 0 fully saturated rings. The second-order valence-electron chi connectivity index (χ2n) is 4.08. The molecule has 1 rings (SSSR count). The average Bonchev–Trinajstić information content (AvgIpc) is 2.58. The molecule has 1 aromatic heterocycles. The fourth-order valence-electron chi connectivity index (χ4n) is 1.56. The van der Waals surface area contributed by atoms with Crippen LogP contribution in [0.5, 0.6) is 0 Å². The van der Waals surface area contributed by atoms with Gasteiger partial charge in [-0.25, -0.2) is 4.98 Å². The van der Waals surface area contributed by atoms with Crippen LogP contribution in [-0.2, 0) is 11.2 Å². The number of carboxylic acids is 1. The monoisotopic (exact) mass is 256 g/mol. The molecule has 0 saturated carbocycles. The highest BCUT2D eigenvalue weighted by molar-refractivity contribution is 7.15. The maximum absolute atomic E-state index is 10.6. The fourth-order valence-corrected chi connectivity index (χ4v) is 2.41. The molecule has 0 saturated heterocycles. The molecule has 0 spiro atoms. The number of rotatable bonds is 8. The van der Waals surface area contributed by atoms with E-state index < -0.39 is 5.97 Å². The summed E-state index contributed by atoms with van der Waals surface area (Å²) in [6.07, 6.45) is 4.89. The van der Waals surface area contributed by atoms with Crippen LogP contribution >= 0.6 is 11.3 Å². The molecule has 0 aromatic carbocycles. The average molecular weight is 256 g/mol. The van der Waals surface area contributed by atoms with E-state index in [4.69, 9.17) is 5.11 Å². The minimum absolute atomic E-state index is 0.0137. The van der Waals surface area contributed by atoms with Gasteiger partial charge in [0.2, 0.25) is 0 Å². The molecule has 5 heteroatoms. The Labute approximate surface area is 106 Å². The highest BCUT2D eigenvalue weighted by Gasteiger charge is 2.10. The second-order valence-corrected chi connectivity index (χ2v) is 5.28. The standard InChI is InChI=1S/C12H20N2O2S/c1-3-4-5-6-7-13-12-14-10(8-11(15)16)9(2)17-12/h3-8H2,1-2H3,(H,13,14)(H,15,16). The molecule has 0 aliphatic carbocycles. The summed E-state index contributed by atoms with van der Waals surface area (Å²) in [5.41, 5.74) is 0.679. The smallest absolute Gasteiger partial charge is 0.309 e. The number of hydrogen-bond acceptors (Lipinski definition) is 4. The van der Waals surface area contributed by atoms with Gasteiger partial charge in [0.25, 0.3) is 0 Å². The van der Waals surface area contributed by atoms with E-state index in [-0.39, 0.29) is 6.42 Å². The summed E-state index contributed by atoms with van der Waals surface area (Å²) in [4.78, 5) is 15.9. The third kappa shape index (κ3) is 5.17. The first-order valence-electron chi connectivity index (χ1n) is 6.05. The molecule has 0 radical (unpaired) electrons. The van der Waals surface area contributed by atoms with Crippen LogP contribution in [0, 0.1) is 6.92 Å². The molecule has 4 nitrogen and oxygen atoms in total. The Morgan fingerprint density at radius 1 is 1.41 bits per heavy atom. The molecule has 0 amide bonds. The Morgan fingerprint density at radius 2 is 2.18 bits per heavy atom. The summed E-state index contributed by atoms with van der Waals surface area (Å²) in [6.45, 7) is 5.02. The van der Waals surface area contributed by atoms with E-state index in [9.17, 15) is 4.79 Å². The summed E-state index contributed by atoms with van der Waals surface area (Å²) in [6, 6.07) is 0. The summed E-state index contributed by atoms with van der Waals surface area (Å²) >= 11 is 1.53. The number of unbranched alkanes of at least 4 members (excludes halogenated alkanes) is 3. The molecule has 1 aromatic rings. The molecule has 0 bridgehead atoms. The van der Waals surface area contributed by atoms with E-state index in [1.54, 1.807) is 0 Å². The highest BCUT2D eigenvalue weighted by atomic mass is 32.1. The van der Waals surface area contributed by atoms with Crippen LogP contribution in [-0.4, -0.2) is 22.6 Å². The van der Waals surface area contributed by atoms with Crippen LogP contribution in [0.25, 0.3) is 0 Å². The van der Waals surface area contributed by atoms with E-state index in [1.807, 2.05) is 6.92 Å². The van der Waals surface area contributed by atoms with Gasteiger partial charge in [-0.05, 0) is 13.3 Å². The number of nitrogens with zero attached hydrogens (tertiary/aromatic N) is 1. The lowest BCUT2D eigenvalue weighted by Crippen LogP contribution is -2.03. The predicted molar refractivity (Wildman–Crippen MR) is 70.8 cm³/mol. The quantitative estimate of drug-likeness (QED) is 0.702. The van der Waals surface area contributed by atoms with Crippen molar-refractivity contribution in [1.29, 1.82) is 0 Å². The topological polar surface area (TPSA) is 62.2 Å². The van der Waals surface area contributed by atoms with Gasteiger partial charge in [0.1, 0.15) is 0 Å². The van der Waals surface area contributed by atoms with Crippen LogP contribution in [0.1, 0.15) is 43.2 Å². The van der Waals surface area contributed by atoms with E-state index in [2.05, 4.69) is 17.2 Å². The maximum atomic E-state index is 10.6. The molecule has 0 unspecified atom stereocenters. The van der Waals surface area contributed by atoms with Crippen molar-refractivity contribution in [1.82, 2.24) is 4.98 Å². The first kappa shape index (κ1) is 14.0. The van der Waals surface area contributed by atoms with Crippen LogP contribution in [0.15, 0.2) is 0 Å². The van der Waals surface area contributed by atoms with Gasteiger partial charge in [-0.3, -0.25) is 4.79 Å². The zero-order valence-electron chi connectivity index (χ0n) is 10.5. The minimum atomic E-state index is -0.826. The van der Waals surface area contributed by atoms with Crippen LogP contribution in [0.2, 0.25) is 0 Å². The van der Waals surface area contributed by atoms with Crippen LogP contribution in [0.4, 0.5) is 5.13 Å². The predicted octanol–water partition coefficient (Wildman–Crippen LogP) is 3.07. The third-order valence-electron chi connectivity index (χ3n) is 2.52. The van der Waals surface area contributed by atoms with Gasteiger partial charge in [-0.2, -0.15) is 0 Å². The molecular weight excluding hydrogens is 236 g/mol. The Kier molecular flexibility index (Phi) is 5.97. The van der Waals surface area contributed by atoms with Gasteiger partial charge in [-0.15, -0.1) is 11.3 Å². The minimum Gasteiger partial charge on any atom is -0.481 e. The number of aromatic nitrogens is 1. The van der Waals surface area contributed by atoms with Crippen molar-refractivity contribution in [3.63, 3.8) is 0 Å². The van der Waals surface area contributed by atoms with Crippen LogP contribution in [0.3, 0.4) is 0 Å². The van der Waals surface area contributed by atoms with E-state index in [0.717, 1.165) is 23.0 Å². The van der Waals surface area contributed by atoms with Gasteiger partial charge in [0.05, 0.1) is 12.1 Å². The molecule has 0 aliphatic heterocycles. The highest BCUT2D eigenvalue weighted by Crippen LogP contribution is 2.22. The van der Waals surface area contributed by atoms with Crippen molar-refractivity contribution in [2.45, 2.75) is 46.0 Å². The number of anilines is 1. The molecule has 0 aliphatic rings. The second kappa shape index (κ2) is 7.27. The van der Waals surface area contributed by atoms with Crippen molar-refractivity contribution in [2.75, 3.05) is 11.9 Å². The summed E-state index contributed by atoms with van der Waals surface area (Å²) in [5, 5.41) is 12.8. The number of carboxylic acid groups (broad SMARTS) is 1. The number of nitrogens with one attached hydrogen (secondary N) is 1. The summed E-state index contributed by atoms with van der Waals surface area (Å²) < 4.78 is 0. The van der Waals surface area contributed by atoms with Crippen molar-refractivity contribution >= 4 is 22.4 Å². The zero-order valence-corrected chi connectivity index (χ0v) is 11.3. The number of hydrogen-bond donors (Lipinski definition) is 2. The Morgan fingerprint density at radius 3 is 2.82 bits per heavy atom. The number of thiazole rings is 1. The first-order chi connectivity index (χ1) is 8.13. The van der Waals surface area contributed by atoms with Gasteiger partial charge < -0.3 is 10.4 Å². The Balaban J connectivity index is 2.36. The molecule has 17 heavy (non-hydrogen) atoms. The Hall–Kier alpha value is -1.10. The fraction of sp³-hybridized carbons (Fsp3) is 0.667. The van der Waals surface area contributed by atoms with Crippen molar-refractivity contribution in [2.24, 2.45) is 0 Å². The summed E-state index contributed by atoms with van der Waals surface area (Å²) in [7, 11) is 0. The Bertz CT molecular complexity index is 363. The van der Waals surface area contributed by atoms with Gasteiger partial charge in [0.15, 0.2) is 5.13 Å². The largest absolute Gasteiger partial charge is 0.481 e. The van der Waals surface area contributed by atoms with Crippen molar-refractivity contribution < 1.29 is 9.90 Å². The van der Waals surface area contributed by atoms with Crippen LogP contribution < -0.4 is 5.32 Å². The third-order valence-corrected chi connectivity index (χ3v) is 3.49. The zero-order chi connectivity index (χ0) is 12.7. The lowest BCUT2D eigenvalue weighted by Gasteiger charge is -2.01. The van der Waals surface area contributed by atoms with Gasteiger partial charge in [0, 0.05) is 11.4 Å². The summed E-state index contributed by atoms with van der Waals surface area (Å²) in [5.74, 6) is -0.826. The number of aliphatic carboxylic acids is 1. The first-order valence-corrected chi connectivity index (χ1v) is 6.87. The molecule has 2 N–H and O–H groups in total. The lowest BCUT2D eigenvalue weighted by molar-refractivity contribution is -0.136. The molecular formula is C12H20N2O2S. The van der Waals surface area contributed by atoms with Crippen molar-refractivity contribution in [3.8, 4) is 0 Å². The van der Waals surface area contributed by atoms with E-state index >= 15 is 0 Å². The van der Waals surface area contributed by atoms with E-state index in [0.29, 0.717) is 5.69 Å². The maximum Gasteiger partial charge on any atom is 0.309 e. The van der Waals surface area contributed by atoms with Gasteiger partial charge >= 0.3 is 5.97 Å². The molecule has 96 valence electrons. The molecule has 1 heterocycles. The SMILES string of the molecule is CCCCCCNc1nc(CC(=O)O)c(C)s1. The number of carbonyl (C=O) groups is 1. The molecule has 0 atom stereocenters. The lowest BCUT2D eigenvalue weighted by atomic mass is 10.2. The number of aryl methyl sites for hydroxylation is 1. The van der Waals surface area contributed by atoms with E-state index in [1.165, 1.54) is 30.6 Å². The van der Waals surface area contributed by atoms with Gasteiger partial charge in [-0.1, -0.05) is 26.2 Å². The normalized spacial score (nSPS) is 10.5.